The van der Waals surface area contributed by atoms with Crippen LogP contribution in [0.2, 0.25) is 10.0 Å². The Bertz CT molecular complexity index is 684. The summed E-state index contributed by atoms with van der Waals surface area (Å²) in [6.07, 6.45) is 1.98. The molecule has 0 saturated heterocycles. The van der Waals surface area contributed by atoms with Gasteiger partial charge < -0.3 is 0 Å². The minimum Gasteiger partial charge on any atom is -0.0843 e. The first kappa shape index (κ1) is 16.1. The van der Waals surface area contributed by atoms with Crippen LogP contribution in [0, 0.1) is 0 Å². The average Bonchev–Trinajstić information content (AvgIpc) is 2.59. The molecule has 0 amide bonds. The van der Waals surface area contributed by atoms with Crippen LogP contribution in [0.1, 0.15) is 22.6 Å². The summed E-state index contributed by atoms with van der Waals surface area (Å²) in [5.74, 6) is 0.429. The lowest BCUT2D eigenvalue weighted by molar-refractivity contribution is 0.680. The van der Waals surface area contributed by atoms with Crippen LogP contribution in [0.25, 0.3) is 0 Å². The highest BCUT2D eigenvalue weighted by Crippen LogP contribution is 2.26. The summed E-state index contributed by atoms with van der Waals surface area (Å²) in [7, 11) is 0. The number of hydrogen-bond donors (Lipinski definition) is 0. The van der Waals surface area contributed by atoms with Crippen LogP contribution >= 0.6 is 23.2 Å². The highest BCUT2D eigenvalue weighted by molar-refractivity contribution is 6.30. The Hall–Kier alpha value is -1.76. The second kappa shape index (κ2) is 7.68. The fourth-order valence-electron chi connectivity index (χ4n) is 2.84. The molecule has 0 spiro atoms. The molecule has 0 saturated carbocycles. The summed E-state index contributed by atoms with van der Waals surface area (Å²) < 4.78 is 0. The van der Waals surface area contributed by atoms with Gasteiger partial charge in [0, 0.05) is 10.0 Å². The van der Waals surface area contributed by atoms with Crippen LogP contribution in [0.4, 0.5) is 0 Å². The van der Waals surface area contributed by atoms with E-state index in [0.717, 1.165) is 22.9 Å². The molecule has 0 atom stereocenters. The summed E-state index contributed by atoms with van der Waals surface area (Å²) in [4.78, 5) is 0. The Morgan fingerprint density at radius 3 is 1.43 bits per heavy atom. The summed E-state index contributed by atoms with van der Waals surface area (Å²) >= 11 is 12.0. The minimum atomic E-state index is 0.429. The van der Waals surface area contributed by atoms with Crippen molar-refractivity contribution in [3.8, 4) is 0 Å². The molecule has 116 valence electrons. The summed E-state index contributed by atoms with van der Waals surface area (Å²) in [5, 5.41) is 1.56. The van der Waals surface area contributed by atoms with E-state index in [1.807, 2.05) is 24.3 Å². The Labute approximate surface area is 147 Å². The largest absolute Gasteiger partial charge is 0.0843 e. The second-order valence-electron chi connectivity index (χ2n) is 5.77. The Kier molecular flexibility index (Phi) is 5.38. The van der Waals surface area contributed by atoms with Gasteiger partial charge in [0.05, 0.1) is 0 Å². The SMILES string of the molecule is Clc1ccc(CC(Cc2ccc(Cl)cc2)c2ccccc2)cc1. The van der Waals surface area contributed by atoms with E-state index in [2.05, 4.69) is 54.6 Å². The topological polar surface area (TPSA) is 0 Å². The molecule has 0 aliphatic carbocycles. The molecule has 3 aromatic rings. The zero-order valence-corrected chi connectivity index (χ0v) is 14.3. The molecule has 0 heterocycles. The zero-order chi connectivity index (χ0) is 16.1. The van der Waals surface area contributed by atoms with Crippen molar-refractivity contribution in [3.05, 3.63) is 106 Å². The number of hydrogen-bond acceptors (Lipinski definition) is 0. The van der Waals surface area contributed by atoms with Crippen LogP contribution in [-0.2, 0) is 12.8 Å². The van der Waals surface area contributed by atoms with Gasteiger partial charge in [0.2, 0.25) is 0 Å². The van der Waals surface area contributed by atoms with Gasteiger partial charge in [0.25, 0.3) is 0 Å². The lowest BCUT2D eigenvalue weighted by Crippen LogP contribution is -2.07. The van der Waals surface area contributed by atoms with Crippen LogP contribution in [-0.4, -0.2) is 0 Å². The molecule has 0 bridgehead atoms. The highest BCUT2D eigenvalue weighted by atomic mass is 35.5. The van der Waals surface area contributed by atoms with Crippen molar-refractivity contribution in [1.82, 2.24) is 0 Å². The van der Waals surface area contributed by atoms with Crippen LogP contribution in [0.15, 0.2) is 78.9 Å². The van der Waals surface area contributed by atoms with Gasteiger partial charge in [0.1, 0.15) is 0 Å². The molecule has 0 nitrogen and oxygen atoms in total. The standard InChI is InChI=1S/C21H18Cl2/c22-20-10-6-16(7-11-20)14-19(18-4-2-1-3-5-18)15-17-8-12-21(23)13-9-17/h1-13,19H,14-15H2. The van der Waals surface area contributed by atoms with Gasteiger partial charge in [-0.3, -0.25) is 0 Å². The number of rotatable bonds is 5. The molecule has 0 aromatic heterocycles. The molecule has 0 aliphatic heterocycles. The van der Waals surface area contributed by atoms with Crippen molar-refractivity contribution >= 4 is 23.2 Å². The second-order valence-corrected chi connectivity index (χ2v) is 6.64. The van der Waals surface area contributed by atoms with Crippen molar-refractivity contribution in [2.75, 3.05) is 0 Å². The quantitative estimate of drug-likeness (QED) is 0.493. The minimum absolute atomic E-state index is 0.429. The van der Waals surface area contributed by atoms with E-state index in [0.29, 0.717) is 5.92 Å². The monoisotopic (exact) mass is 340 g/mol. The molecule has 3 aromatic carbocycles. The summed E-state index contributed by atoms with van der Waals surface area (Å²) in [5.41, 5.74) is 3.96. The number of halogens is 2. The van der Waals surface area contributed by atoms with Gasteiger partial charge in [-0.1, -0.05) is 77.8 Å². The Morgan fingerprint density at radius 2 is 1.00 bits per heavy atom. The van der Waals surface area contributed by atoms with Crippen molar-refractivity contribution in [2.24, 2.45) is 0 Å². The van der Waals surface area contributed by atoms with Gasteiger partial charge >= 0.3 is 0 Å². The first-order chi connectivity index (χ1) is 11.2. The molecular formula is C21H18Cl2. The van der Waals surface area contributed by atoms with Gasteiger partial charge in [0.15, 0.2) is 0 Å². The lowest BCUT2D eigenvalue weighted by Gasteiger charge is -2.18. The molecule has 0 N–H and O–H groups in total. The predicted molar refractivity (Wildman–Crippen MR) is 99.5 cm³/mol. The van der Waals surface area contributed by atoms with Crippen molar-refractivity contribution in [1.29, 1.82) is 0 Å². The number of benzene rings is 3. The average molecular weight is 341 g/mol. The fraction of sp³-hybridized carbons (Fsp3) is 0.143. The third-order valence-electron chi connectivity index (χ3n) is 4.06. The summed E-state index contributed by atoms with van der Waals surface area (Å²) in [6, 6.07) is 27.0. The molecule has 0 fully saturated rings. The van der Waals surface area contributed by atoms with Crippen molar-refractivity contribution in [2.45, 2.75) is 18.8 Å². The molecule has 0 unspecified atom stereocenters. The van der Waals surface area contributed by atoms with E-state index >= 15 is 0 Å². The molecule has 0 radical (unpaired) electrons. The van der Waals surface area contributed by atoms with Gasteiger partial charge in [-0.05, 0) is 59.7 Å². The maximum absolute atomic E-state index is 6.00. The van der Waals surface area contributed by atoms with Gasteiger partial charge in [-0.25, -0.2) is 0 Å². The zero-order valence-electron chi connectivity index (χ0n) is 12.8. The smallest absolute Gasteiger partial charge is 0.0406 e. The molecular weight excluding hydrogens is 323 g/mol. The van der Waals surface area contributed by atoms with Gasteiger partial charge in [-0.15, -0.1) is 0 Å². The van der Waals surface area contributed by atoms with Crippen LogP contribution in [0.5, 0.6) is 0 Å². The maximum atomic E-state index is 6.00. The van der Waals surface area contributed by atoms with E-state index in [-0.39, 0.29) is 0 Å². The van der Waals surface area contributed by atoms with E-state index in [9.17, 15) is 0 Å². The van der Waals surface area contributed by atoms with Crippen LogP contribution in [0.3, 0.4) is 0 Å². The van der Waals surface area contributed by atoms with E-state index < -0.39 is 0 Å². The normalized spacial score (nSPS) is 10.9. The van der Waals surface area contributed by atoms with Crippen LogP contribution < -0.4 is 0 Å². The Morgan fingerprint density at radius 1 is 0.565 bits per heavy atom. The Balaban J connectivity index is 1.84. The fourth-order valence-corrected chi connectivity index (χ4v) is 3.10. The third-order valence-corrected chi connectivity index (χ3v) is 4.57. The highest BCUT2D eigenvalue weighted by Gasteiger charge is 2.13. The first-order valence-electron chi connectivity index (χ1n) is 7.74. The molecule has 2 heteroatoms. The third kappa shape index (κ3) is 4.60. The maximum Gasteiger partial charge on any atom is 0.0406 e. The lowest BCUT2D eigenvalue weighted by atomic mass is 9.87. The van der Waals surface area contributed by atoms with Gasteiger partial charge in [-0.2, -0.15) is 0 Å². The summed E-state index contributed by atoms with van der Waals surface area (Å²) in [6.45, 7) is 0. The molecule has 23 heavy (non-hydrogen) atoms. The van der Waals surface area contributed by atoms with E-state index in [4.69, 9.17) is 23.2 Å². The predicted octanol–water partition coefficient (Wildman–Crippen LogP) is 6.56. The van der Waals surface area contributed by atoms with Crippen molar-refractivity contribution in [3.63, 3.8) is 0 Å². The first-order valence-corrected chi connectivity index (χ1v) is 8.50. The van der Waals surface area contributed by atoms with E-state index in [1.165, 1.54) is 16.7 Å². The van der Waals surface area contributed by atoms with E-state index in [1.54, 1.807) is 0 Å². The molecule has 3 rings (SSSR count). The van der Waals surface area contributed by atoms with Crippen molar-refractivity contribution < 1.29 is 0 Å². The molecule has 0 aliphatic rings.